The maximum absolute atomic E-state index is 12.5. The van der Waals surface area contributed by atoms with Crippen LogP contribution in [0.4, 0.5) is 0 Å². The van der Waals surface area contributed by atoms with Crippen LogP contribution < -0.4 is 5.32 Å². The lowest BCUT2D eigenvalue weighted by Crippen LogP contribution is -2.32. The summed E-state index contributed by atoms with van der Waals surface area (Å²) in [7, 11) is -3.28. The van der Waals surface area contributed by atoms with Crippen LogP contribution in [-0.2, 0) is 16.6 Å². The van der Waals surface area contributed by atoms with Crippen LogP contribution >= 0.6 is 23.1 Å². The molecule has 2 rings (SSSR count). The summed E-state index contributed by atoms with van der Waals surface area (Å²) in [6.45, 7) is 4.95. The second-order valence-electron chi connectivity index (χ2n) is 4.42. The molecule has 0 aromatic carbocycles. The largest absolute Gasteiger partial charge is 0.313 e. The van der Waals surface area contributed by atoms with Gasteiger partial charge in [0.05, 0.1) is 0 Å². The Balaban J connectivity index is 2.11. The summed E-state index contributed by atoms with van der Waals surface area (Å²) < 4.78 is 27.2. The van der Waals surface area contributed by atoms with Crippen LogP contribution in [0.25, 0.3) is 0 Å². The summed E-state index contributed by atoms with van der Waals surface area (Å²) in [5.74, 6) is 1.96. The molecule has 0 aliphatic carbocycles. The zero-order valence-corrected chi connectivity index (χ0v) is 13.5. The first-order valence-electron chi connectivity index (χ1n) is 6.50. The van der Waals surface area contributed by atoms with E-state index in [1.807, 2.05) is 24.1 Å². The standard InChI is InChI=1S/C12H20N2O2S3/c1-2-13-9-11-8-12(18-10-11)19(15,16)14-4-3-6-17-7-5-14/h8,10,13H,2-7,9H2,1H3. The van der Waals surface area contributed by atoms with Gasteiger partial charge >= 0.3 is 0 Å². The van der Waals surface area contributed by atoms with Crippen molar-refractivity contribution in [3.63, 3.8) is 0 Å². The van der Waals surface area contributed by atoms with Gasteiger partial charge in [0.1, 0.15) is 4.21 Å². The Bertz CT molecular complexity index is 491. The minimum Gasteiger partial charge on any atom is -0.313 e. The molecular weight excluding hydrogens is 300 g/mol. The molecule has 0 spiro atoms. The van der Waals surface area contributed by atoms with Crippen molar-refractivity contribution in [1.82, 2.24) is 9.62 Å². The van der Waals surface area contributed by atoms with Crippen LogP contribution in [0, 0.1) is 0 Å². The minimum atomic E-state index is -3.28. The van der Waals surface area contributed by atoms with Crippen molar-refractivity contribution < 1.29 is 8.42 Å². The Morgan fingerprint density at radius 1 is 1.37 bits per heavy atom. The van der Waals surface area contributed by atoms with E-state index in [-0.39, 0.29) is 0 Å². The van der Waals surface area contributed by atoms with Crippen LogP contribution in [0.5, 0.6) is 0 Å². The number of hydrogen-bond donors (Lipinski definition) is 1. The molecule has 1 aromatic rings. The predicted molar refractivity (Wildman–Crippen MR) is 82.4 cm³/mol. The van der Waals surface area contributed by atoms with Gasteiger partial charge in [0.15, 0.2) is 0 Å². The minimum absolute atomic E-state index is 0.479. The molecule has 0 radical (unpaired) electrons. The summed E-state index contributed by atoms with van der Waals surface area (Å²) >= 11 is 3.17. The highest BCUT2D eigenvalue weighted by molar-refractivity contribution is 7.99. The van der Waals surface area contributed by atoms with E-state index in [9.17, 15) is 8.42 Å². The first-order valence-corrected chi connectivity index (χ1v) is 9.98. The van der Waals surface area contributed by atoms with E-state index in [1.165, 1.54) is 11.3 Å². The molecule has 0 bridgehead atoms. The smallest absolute Gasteiger partial charge is 0.252 e. The highest BCUT2D eigenvalue weighted by atomic mass is 32.2. The fraction of sp³-hybridized carbons (Fsp3) is 0.667. The van der Waals surface area contributed by atoms with Gasteiger partial charge < -0.3 is 5.32 Å². The average molecular weight is 321 g/mol. The maximum atomic E-state index is 12.5. The quantitative estimate of drug-likeness (QED) is 0.901. The molecule has 0 amide bonds. The SMILES string of the molecule is CCNCc1csc(S(=O)(=O)N2CCCSCC2)c1. The lowest BCUT2D eigenvalue weighted by atomic mass is 10.3. The summed E-state index contributed by atoms with van der Waals surface area (Å²) in [4.78, 5) is 0. The molecular formula is C12H20N2O2S3. The van der Waals surface area contributed by atoms with Crippen molar-refractivity contribution in [2.45, 2.75) is 24.1 Å². The maximum Gasteiger partial charge on any atom is 0.252 e. The summed E-state index contributed by atoms with van der Waals surface area (Å²) in [5, 5.41) is 5.15. The molecule has 108 valence electrons. The van der Waals surface area contributed by atoms with Crippen LogP contribution in [0.1, 0.15) is 18.9 Å². The lowest BCUT2D eigenvalue weighted by Gasteiger charge is -2.18. The summed E-state index contributed by atoms with van der Waals surface area (Å²) in [5.41, 5.74) is 1.05. The van der Waals surface area contributed by atoms with Crippen LogP contribution in [-0.4, -0.2) is 43.9 Å². The van der Waals surface area contributed by atoms with Gasteiger partial charge in [-0.05, 0) is 35.7 Å². The van der Waals surface area contributed by atoms with Crippen LogP contribution in [0.2, 0.25) is 0 Å². The third kappa shape index (κ3) is 3.95. The van der Waals surface area contributed by atoms with Crippen LogP contribution in [0.15, 0.2) is 15.7 Å². The fourth-order valence-corrected chi connectivity index (χ4v) is 5.78. The number of hydrogen-bond acceptors (Lipinski definition) is 5. The second kappa shape index (κ2) is 7.08. The Hall–Kier alpha value is -0.0800. The van der Waals surface area contributed by atoms with Crippen LogP contribution in [0.3, 0.4) is 0 Å². The third-order valence-electron chi connectivity index (χ3n) is 2.98. The molecule has 19 heavy (non-hydrogen) atoms. The third-order valence-corrected chi connectivity index (χ3v) is 7.40. The molecule has 1 N–H and O–H groups in total. The first kappa shape index (κ1) is 15.3. The molecule has 4 nitrogen and oxygen atoms in total. The average Bonchev–Trinajstić information content (AvgIpc) is 2.70. The van der Waals surface area contributed by atoms with Gasteiger partial charge in [-0.3, -0.25) is 0 Å². The highest BCUT2D eigenvalue weighted by Crippen LogP contribution is 2.25. The number of thioether (sulfide) groups is 1. The monoisotopic (exact) mass is 320 g/mol. The van der Waals surface area contributed by atoms with Gasteiger partial charge in [0.2, 0.25) is 0 Å². The number of rotatable bonds is 5. The van der Waals surface area contributed by atoms with Gasteiger partial charge in [-0.1, -0.05) is 6.92 Å². The zero-order valence-electron chi connectivity index (χ0n) is 11.1. The van der Waals surface area contributed by atoms with Crippen molar-refractivity contribution in [2.24, 2.45) is 0 Å². The number of nitrogens with zero attached hydrogens (tertiary/aromatic N) is 1. The molecule has 1 aliphatic rings. The van der Waals surface area contributed by atoms with Crippen molar-refractivity contribution in [3.05, 3.63) is 17.0 Å². The molecule has 2 heterocycles. The summed E-state index contributed by atoms with van der Waals surface area (Å²) in [6.07, 6.45) is 0.944. The Morgan fingerprint density at radius 2 is 2.21 bits per heavy atom. The molecule has 1 aliphatic heterocycles. The molecule has 7 heteroatoms. The van der Waals surface area contributed by atoms with Crippen molar-refractivity contribution in [3.8, 4) is 0 Å². The fourth-order valence-electron chi connectivity index (χ4n) is 1.94. The van der Waals surface area contributed by atoms with E-state index in [2.05, 4.69) is 5.32 Å². The molecule has 1 saturated heterocycles. The molecule has 1 aromatic heterocycles. The lowest BCUT2D eigenvalue weighted by molar-refractivity contribution is 0.436. The normalized spacial score (nSPS) is 18.4. The molecule has 1 fully saturated rings. The second-order valence-corrected chi connectivity index (χ2v) is 8.73. The Morgan fingerprint density at radius 3 is 3.00 bits per heavy atom. The first-order chi connectivity index (χ1) is 9.14. The number of thiophene rings is 1. The van der Waals surface area contributed by atoms with Gasteiger partial charge in [-0.15, -0.1) is 11.3 Å². The van der Waals surface area contributed by atoms with Gasteiger partial charge in [0, 0.05) is 25.4 Å². The van der Waals surface area contributed by atoms with E-state index in [1.54, 1.807) is 10.4 Å². The Kier molecular flexibility index (Phi) is 5.70. The van der Waals surface area contributed by atoms with Gasteiger partial charge in [-0.2, -0.15) is 16.1 Å². The molecule has 0 saturated carbocycles. The predicted octanol–water partition coefficient (Wildman–Crippen LogP) is 1.99. The van der Waals surface area contributed by atoms with E-state index < -0.39 is 10.0 Å². The van der Waals surface area contributed by atoms with Gasteiger partial charge in [0.25, 0.3) is 10.0 Å². The topological polar surface area (TPSA) is 49.4 Å². The van der Waals surface area contributed by atoms with E-state index in [0.29, 0.717) is 17.3 Å². The zero-order chi connectivity index (χ0) is 13.7. The number of nitrogens with one attached hydrogen (secondary N) is 1. The Labute approximate surface area is 123 Å². The van der Waals surface area contributed by atoms with E-state index in [4.69, 9.17) is 0 Å². The van der Waals surface area contributed by atoms with Crippen molar-refractivity contribution in [2.75, 3.05) is 31.1 Å². The summed E-state index contributed by atoms with van der Waals surface area (Å²) in [6, 6.07) is 1.81. The molecule has 0 unspecified atom stereocenters. The van der Waals surface area contributed by atoms with Gasteiger partial charge in [-0.25, -0.2) is 8.42 Å². The van der Waals surface area contributed by atoms with E-state index in [0.717, 1.165) is 36.6 Å². The van der Waals surface area contributed by atoms with Crippen molar-refractivity contribution >= 4 is 33.1 Å². The van der Waals surface area contributed by atoms with E-state index >= 15 is 0 Å². The van der Waals surface area contributed by atoms with Crippen molar-refractivity contribution in [1.29, 1.82) is 0 Å². The number of sulfonamides is 1. The highest BCUT2D eigenvalue weighted by Gasteiger charge is 2.26. The molecule has 0 atom stereocenters.